The SMILES string of the molecule is CS/C(=C\C(=O)c1cnccn1)NCc1ccccc1. The summed E-state index contributed by atoms with van der Waals surface area (Å²) in [5.41, 5.74) is 1.51. The van der Waals surface area contributed by atoms with E-state index in [0.717, 1.165) is 5.03 Å². The lowest BCUT2D eigenvalue weighted by Gasteiger charge is -2.08. The zero-order valence-corrected chi connectivity index (χ0v) is 11.9. The summed E-state index contributed by atoms with van der Waals surface area (Å²) in [5, 5.41) is 4.05. The molecule has 102 valence electrons. The van der Waals surface area contributed by atoms with Crippen molar-refractivity contribution < 1.29 is 4.79 Å². The summed E-state index contributed by atoms with van der Waals surface area (Å²) in [7, 11) is 0. The minimum Gasteiger partial charge on any atom is -0.376 e. The zero-order valence-electron chi connectivity index (χ0n) is 11.1. The number of carbonyl (C=O) groups is 1. The zero-order chi connectivity index (χ0) is 14.2. The van der Waals surface area contributed by atoms with Gasteiger partial charge in [0.2, 0.25) is 5.78 Å². The Hall–Kier alpha value is -2.14. The second-order valence-corrected chi connectivity index (χ2v) is 4.85. The van der Waals surface area contributed by atoms with Gasteiger partial charge in [0.25, 0.3) is 0 Å². The molecule has 20 heavy (non-hydrogen) atoms. The summed E-state index contributed by atoms with van der Waals surface area (Å²) < 4.78 is 0. The summed E-state index contributed by atoms with van der Waals surface area (Å²) in [4.78, 5) is 19.9. The van der Waals surface area contributed by atoms with E-state index >= 15 is 0 Å². The summed E-state index contributed by atoms with van der Waals surface area (Å²) >= 11 is 1.49. The average molecular weight is 285 g/mol. The molecule has 1 N–H and O–H groups in total. The van der Waals surface area contributed by atoms with Crippen LogP contribution in [0.3, 0.4) is 0 Å². The molecule has 1 aromatic heterocycles. The first-order chi connectivity index (χ1) is 9.79. The van der Waals surface area contributed by atoms with Gasteiger partial charge in [-0.25, -0.2) is 4.98 Å². The Labute approximate surface area is 122 Å². The lowest BCUT2D eigenvalue weighted by Crippen LogP contribution is -2.12. The maximum Gasteiger partial charge on any atom is 0.208 e. The van der Waals surface area contributed by atoms with Gasteiger partial charge in [-0.2, -0.15) is 0 Å². The first-order valence-electron chi connectivity index (χ1n) is 6.13. The number of carbonyl (C=O) groups excluding carboxylic acids is 1. The lowest BCUT2D eigenvalue weighted by atomic mass is 10.2. The van der Waals surface area contributed by atoms with E-state index in [1.165, 1.54) is 29.7 Å². The number of nitrogens with one attached hydrogen (secondary N) is 1. The molecular weight excluding hydrogens is 270 g/mol. The van der Waals surface area contributed by atoms with Gasteiger partial charge in [0.15, 0.2) is 0 Å². The molecule has 0 radical (unpaired) electrons. The van der Waals surface area contributed by atoms with Gasteiger partial charge in [-0.15, -0.1) is 11.8 Å². The summed E-state index contributed by atoms with van der Waals surface area (Å²) in [6.07, 6.45) is 8.00. The lowest BCUT2D eigenvalue weighted by molar-refractivity contribution is 0.104. The second-order valence-electron chi connectivity index (χ2n) is 4.01. The van der Waals surface area contributed by atoms with Crippen molar-refractivity contribution in [2.75, 3.05) is 6.26 Å². The maximum atomic E-state index is 12.0. The van der Waals surface area contributed by atoms with Gasteiger partial charge < -0.3 is 5.32 Å². The van der Waals surface area contributed by atoms with Crippen LogP contribution >= 0.6 is 11.8 Å². The number of ketones is 1. The molecule has 2 aromatic rings. The standard InChI is InChI=1S/C15H15N3OS/c1-20-15(18-10-12-5-3-2-4-6-12)9-14(19)13-11-16-7-8-17-13/h2-9,11,18H,10H2,1H3/b15-9-. The minimum absolute atomic E-state index is 0.150. The molecule has 0 atom stereocenters. The fourth-order valence-electron chi connectivity index (χ4n) is 1.59. The molecule has 0 amide bonds. The van der Waals surface area contributed by atoms with Crippen molar-refractivity contribution in [3.05, 3.63) is 71.3 Å². The number of thioether (sulfide) groups is 1. The fraction of sp³-hybridized carbons (Fsp3) is 0.133. The molecule has 1 heterocycles. The third-order valence-electron chi connectivity index (χ3n) is 2.61. The van der Waals surface area contributed by atoms with Gasteiger partial charge in [-0.1, -0.05) is 30.3 Å². The first kappa shape index (κ1) is 14.3. The molecule has 0 saturated heterocycles. The van der Waals surface area contributed by atoms with Crippen molar-refractivity contribution in [1.29, 1.82) is 0 Å². The molecule has 0 fully saturated rings. The Morgan fingerprint density at radius 3 is 2.75 bits per heavy atom. The van der Waals surface area contributed by atoms with Crippen molar-refractivity contribution >= 4 is 17.5 Å². The molecule has 1 aromatic carbocycles. The van der Waals surface area contributed by atoms with Gasteiger partial charge in [0.05, 0.1) is 11.2 Å². The predicted octanol–water partition coefficient (Wildman–Crippen LogP) is 2.65. The number of aromatic nitrogens is 2. The Morgan fingerprint density at radius 1 is 1.30 bits per heavy atom. The number of hydrogen-bond acceptors (Lipinski definition) is 5. The molecule has 2 rings (SSSR count). The van der Waals surface area contributed by atoms with Crippen molar-refractivity contribution in [3.63, 3.8) is 0 Å². The summed E-state index contributed by atoms with van der Waals surface area (Å²) in [5.74, 6) is -0.150. The molecule has 4 nitrogen and oxygen atoms in total. The largest absolute Gasteiger partial charge is 0.376 e. The van der Waals surface area contributed by atoms with Crippen molar-refractivity contribution in [2.24, 2.45) is 0 Å². The van der Waals surface area contributed by atoms with Gasteiger partial charge in [-0.05, 0) is 11.8 Å². The topological polar surface area (TPSA) is 54.9 Å². The van der Waals surface area contributed by atoms with Crippen LogP contribution in [0.2, 0.25) is 0 Å². The highest BCUT2D eigenvalue weighted by Crippen LogP contribution is 2.10. The van der Waals surface area contributed by atoms with Crippen LogP contribution in [-0.2, 0) is 6.54 Å². The van der Waals surface area contributed by atoms with Gasteiger partial charge in [0, 0.05) is 25.0 Å². The summed E-state index contributed by atoms with van der Waals surface area (Å²) in [6, 6.07) is 10.0. The highest BCUT2D eigenvalue weighted by Gasteiger charge is 2.06. The average Bonchev–Trinajstić information content (AvgIpc) is 2.53. The van der Waals surface area contributed by atoms with E-state index < -0.39 is 0 Å². The minimum atomic E-state index is -0.150. The Bertz CT molecular complexity index is 585. The number of benzene rings is 1. The monoisotopic (exact) mass is 285 g/mol. The number of rotatable bonds is 6. The van der Waals surface area contributed by atoms with Crippen molar-refractivity contribution in [1.82, 2.24) is 15.3 Å². The Morgan fingerprint density at radius 2 is 2.10 bits per heavy atom. The van der Waals surface area contributed by atoms with Crippen molar-refractivity contribution in [3.8, 4) is 0 Å². The van der Waals surface area contributed by atoms with Gasteiger partial charge >= 0.3 is 0 Å². The van der Waals surface area contributed by atoms with Gasteiger partial charge in [-0.3, -0.25) is 9.78 Å². The molecule has 0 bridgehead atoms. The fourth-order valence-corrected chi connectivity index (χ4v) is 2.03. The highest BCUT2D eigenvalue weighted by molar-refractivity contribution is 8.02. The van der Waals surface area contributed by atoms with E-state index in [0.29, 0.717) is 12.2 Å². The number of allylic oxidation sites excluding steroid dienone is 1. The molecule has 0 aliphatic heterocycles. The van der Waals surface area contributed by atoms with Crippen molar-refractivity contribution in [2.45, 2.75) is 6.54 Å². The first-order valence-corrected chi connectivity index (χ1v) is 7.36. The molecule has 0 unspecified atom stereocenters. The highest BCUT2D eigenvalue weighted by atomic mass is 32.2. The molecule has 0 spiro atoms. The van der Waals surface area contributed by atoms with Crippen LogP contribution < -0.4 is 5.32 Å². The van der Waals surface area contributed by atoms with E-state index in [4.69, 9.17) is 0 Å². The van der Waals surface area contributed by atoms with Crippen LogP contribution in [0.1, 0.15) is 16.1 Å². The number of nitrogens with zero attached hydrogens (tertiary/aromatic N) is 2. The van der Waals surface area contributed by atoms with Gasteiger partial charge in [0.1, 0.15) is 5.69 Å². The van der Waals surface area contributed by atoms with E-state index in [1.807, 2.05) is 36.6 Å². The molecule has 5 heteroatoms. The van der Waals surface area contributed by atoms with E-state index in [1.54, 1.807) is 12.3 Å². The normalized spacial score (nSPS) is 11.2. The number of hydrogen-bond donors (Lipinski definition) is 1. The second kappa shape index (κ2) is 7.45. The summed E-state index contributed by atoms with van der Waals surface area (Å²) in [6.45, 7) is 0.682. The van der Waals surface area contributed by atoms with Crippen LogP contribution in [-0.4, -0.2) is 22.0 Å². The third kappa shape index (κ3) is 4.20. The Kier molecular flexibility index (Phi) is 5.32. The third-order valence-corrected chi connectivity index (χ3v) is 3.31. The van der Waals surface area contributed by atoms with Crippen LogP contribution in [0.25, 0.3) is 0 Å². The molecule has 0 saturated carbocycles. The quantitative estimate of drug-likeness (QED) is 0.653. The van der Waals surface area contributed by atoms with Crippen LogP contribution in [0, 0.1) is 0 Å². The molecular formula is C15H15N3OS. The van der Waals surface area contributed by atoms with Crippen LogP contribution in [0.5, 0.6) is 0 Å². The Balaban J connectivity index is 2.01. The van der Waals surface area contributed by atoms with Crippen LogP contribution in [0.15, 0.2) is 60.0 Å². The predicted molar refractivity (Wildman–Crippen MR) is 81.2 cm³/mol. The molecule has 0 aliphatic rings. The van der Waals surface area contributed by atoms with E-state index in [2.05, 4.69) is 15.3 Å². The van der Waals surface area contributed by atoms with E-state index in [9.17, 15) is 4.79 Å². The molecule has 0 aliphatic carbocycles. The maximum absolute atomic E-state index is 12.0. The smallest absolute Gasteiger partial charge is 0.208 e. The van der Waals surface area contributed by atoms with E-state index in [-0.39, 0.29) is 5.78 Å². The van der Waals surface area contributed by atoms with Crippen LogP contribution in [0.4, 0.5) is 0 Å².